The minimum Gasteiger partial charge on any atom is -0.367 e. The molecule has 0 aromatic heterocycles. The van der Waals surface area contributed by atoms with Crippen molar-refractivity contribution in [2.45, 2.75) is 48.4 Å². The molecule has 0 N–H and O–H groups in total. The van der Waals surface area contributed by atoms with Gasteiger partial charge in [-0.1, -0.05) is 36.8 Å². The molecule has 7 heteroatoms. The number of sulfone groups is 2. The Labute approximate surface area is 168 Å². The molecule has 0 aliphatic carbocycles. The molecule has 0 unspecified atom stereocenters. The van der Waals surface area contributed by atoms with Gasteiger partial charge in [0.25, 0.3) is 0 Å². The molecule has 1 heterocycles. The SMILES string of the molecule is CC[C@@H]1[C@H](c2ccc(C)cc2)CCN1c1ccc(S(C)(=O)=O)cc1S(C)(=O)=O. The van der Waals surface area contributed by atoms with Crippen molar-refractivity contribution in [2.75, 3.05) is 24.0 Å². The number of aryl methyl sites for hydroxylation is 1. The predicted molar refractivity (Wildman–Crippen MR) is 113 cm³/mol. The van der Waals surface area contributed by atoms with Crippen LogP contribution in [0.2, 0.25) is 0 Å². The summed E-state index contributed by atoms with van der Waals surface area (Å²) in [5.74, 6) is 0.313. The molecule has 28 heavy (non-hydrogen) atoms. The molecule has 152 valence electrons. The maximum Gasteiger partial charge on any atom is 0.177 e. The van der Waals surface area contributed by atoms with E-state index in [2.05, 4.69) is 43.0 Å². The highest BCUT2D eigenvalue weighted by molar-refractivity contribution is 7.91. The van der Waals surface area contributed by atoms with Crippen LogP contribution in [0.4, 0.5) is 5.69 Å². The Morgan fingerprint density at radius 3 is 2.14 bits per heavy atom. The molecule has 2 aromatic carbocycles. The minimum absolute atomic E-state index is 0.0269. The van der Waals surface area contributed by atoms with Gasteiger partial charge in [-0.2, -0.15) is 0 Å². The molecule has 1 aliphatic heterocycles. The summed E-state index contributed by atoms with van der Waals surface area (Å²) in [6.45, 7) is 4.90. The van der Waals surface area contributed by atoms with Crippen LogP contribution in [0, 0.1) is 6.92 Å². The lowest BCUT2D eigenvalue weighted by Gasteiger charge is -2.31. The zero-order valence-corrected chi connectivity index (χ0v) is 18.3. The molecule has 0 spiro atoms. The lowest BCUT2D eigenvalue weighted by atomic mass is 9.90. The zero-order chi connectivity index (χ0) is 20.7. The van der Waals surface area contributed by atoms with E-state index in [1.807, 2.05) is 0 Å². The second-order valence-electron chi connectivity index (χ2n) is 7.65. The van der Waals surface area contributed by atoms with Gasteiger partial charge in [0.05, 0.1) is 15.5 Å². The summed E-state index contributed by atoms with van der Waals surface area (Å²) in [7, 11) is -7.06. The van der Waals surface area contributed by atoms with Crippen molar-refractivity contribution in [1.82, 2.24) is 0 Å². The number of nitrogens with zero attached hydrogens (tertiary/aromatic N) is 1. The van der Waals surface area contributed by atoms with E-state index in [9.17, 15) is 16.8 Å². The molecular weight excluding hydrogens is 394 g/mol. The third-order valence-electron chi connectivity index (χ3n) is 5.54. The fraction of sp³-hybridized carbons (Fsp3) is 0.429. The summed E-state index contributed by atoms with van der Waals surface area (Å²) in [4.78, 5) is 2.24. The first-order valence-corrected chi connectivity index (χ1v) is 13.2. The van der Waals surface area contributed by atoms with Crippen molar-refractivity contribution >= 4 is 25.4 Å². The molecule has 0 saturated carbocycles. The van der Waals surface area contributed by atoms with Gasteiger partial charge in [-0.3, -0.25) is 0 Å². The van der Waals surface area contributed by atoms with Crippen molar-refractivity contribution in [2.24, 2.45) is 0 Å². The molecule has 1 aliphatic rings. The minimum atomic E-state index is -3.58. The van der Waals surface area contributed by atoms with Gasteiger partial charge in [-0.15, -0.1) is 0 Å². The van der Waals surface area contributed by atoms with Crippen molar-refractivity contribution in [3.8, 4) is 0 Å². The molecule has 1 saturated heterocycles. The van der Waals surface area contributed by atoms with Gasteiger partial charge in [-0.25, -0.2) is 16.8 Å². The van der Waals surface area contributed by atoms with E-state index >= 15 is 0 Å². The fourth-order valence-electron chi connectivity index (χ4n) is 4.12. The van der Waals surface area contributed by atoms with Gasteiger partial charge in [-0.05, 0) is 43.5 Å². The van der Waals surface area contributed by atoms with Gasteiger partial charge in [0.2, 0.25) is 0 Å². The van der Waals surface area contributed by atoms with Crippen LogP contribution in [-0.4, -0.2) is 41.9 Å². The molecule has 2 aromatic rings. The molecule has 3 rings (SSSR count). The summed E-state index contributed by atoms with van der Waals surface area (Å²) < 4.78 is 48.7. The second kappa shape index (κ2) is 7.52. The van der Waals surface area contributed by atoms with E-state index in [0.29, 0.717) is 11.6 Å². The first-order valence-electron chi connectivity index (χ1n) is 9.39. The first kappa shape index (κ1) is 20.9. The average molecular weight is 422 g/mol. The number of hydrogen-bond donors (Lipinski definition) is 0. The molecule has 0 amide bonds. The number of rotatable bonds is 5. The van der Waals surface area contributed by atoms with Crippen molar-refractivity contribution in [1.29, 1.82) is 0 Å². The fourth-order valence-corrected chi connectivity index (χ4v) is 5.75. The van der Waals surface area contributed by atoms with E-state index in [1.54, 1.807) is 6.07 Å². The summed E-state index contributed by atoms with van der Waals surface area (Å²) >= 11 is 0. The van der Waals surface area contributed by atoms with E-state index in [4.69, 9.17) is 0 Å². The van der Waals surface area contributed by atoms with Crippen LogP contribution in [-0.2, 0) is 19.7 Å². The molecule has 5 nitrogen and oxygen atoms in total. The van der Waals surface area contributed by atoms with E-state index in [1.165, 1.54) is 23.3 Å². The van der Waals surface area contributed by atoms with Crippen LogP contribution < -0.4 is 4.90 Å². The highest BCUT2D eigenvalue weighted by atomic mass is 32.2. The van der Waals surface area contributed by atoms with Crippen LogP contribution in [0.15, 0.2) is 52.3 Å². The molecule has 0 bridgehead atoms. The van der Waals surface area contributed by atoms with Crippen LogP contribution in [0.25, 0.3) is 0 Å². The Hall–Kier alpha value is -1.86. The molecular formula is C21H27NO4S2. The van der Waals surface area contributed by atoms with Crippen LogP contribution >= 0.6 is 0 Å². The lowest BCUT2D eigenvalue weighted by molar-refractivity contribution is 0.568. The third-order valence-corrected chi connectivity index (χ3v) is 7.77. The van der Waals surface area contributed by atoms with Crippen molar-refractivity contribution in [3.05, 3.63) is 53.6 Å². The summed E-state index contributed by atoms with van der Waals surface area (Å²) in [6.07, 6.45) is 4.02. The van der Waals surface area contributed by atoms with Gasteiger partial charge < -0.3 is 4.90 Å². The summed E-state index contributed by atoms with van der Waals surface area (Å²) in [6, 6.07) is 13.1. The topological polar surface area (TPSA) is 71.5 Å². The Kier molecular flexibility index (Phi) is 5.60. The second-order valence-corrected chi connectivity index (χ2v) is 11.6. The quantitative estimate of drug-likeness (QED) is 0.738. The van der Waals surface area contributed by atoms with E-state index in [0.717, 1.165) is 31.9 Å². The highest BCUT2D eigenvalue weighted by Gasteiger charge is 2.36. The Balaban J connectivity index is 2.06. The third kappa shape index (κ3) is 4.10. The standard InChI is InChI=1S/C21H27NO4S2/c1-5-19-18(16-8-6-15(2)7-9-16)12-13-22(19)20-11-10-17(27(3,23)24)14-21(20)28(4,25)26/h6-11,14,18-19H,5,12-13H2,1-4H3/t18-,19+/m0/s1. The zero-order valence-electron chi connectivity index (χ0n) is 16.7. The van der Waals surface area contributed by atoms with Gasteiger partial charge in [0.1, 0.15) is 0 Å². The summed E-state index contributed by atoms with van der Waals surface area (Å²) in [5, 5.41) is 0. The Morgan fingerprint density at radius 1 is 0.964 bits per heavy atom. The van der Waals surface area contributed by atoms with Gasteiger partial charge in [0, 0.05) is 31.0 Å². The van der Waals surface area contributed by atoms with E-state index < -0.39 is 19.7 Å². The number of benzene rings is 2. The lowest BCUT2D eigenvalue weighted by Crippen LogP contribution is -2.32. The molecule has 0 radical (unpaired) electrons. The van der Waals surface area contributed by atoms with Crippen LogP contribution in [0.1, 0.15) is 36.8 Å². The van der Waals surface area contributed by atoms with Crippen molar-refractivity contribution in [3.63, 3.8) is 0 Å². The van der Waals surface area contributed by atoms with Gasteiger partial charge >= 0.3 is 0 Å². The maximum atomic E-state index is 12.5. The normalized spacial score (nSPS) is 20.5. The number of anilines is 1. The molecule has 2 atom stereocenters. The maximum absolute atomic E-state index is 12.5. The Bertz CT molecular complexity index is 1070. The predicted octanol–water partition coefficient (Wildman–Crippen LogP) is 3.57. The first-order chi connectivity index (χ1) is 13.0. The van der Waals surface area contributed by atoms with Crippen LogP contribution in [0.3, 0.4) is 0 Å². The van der Waals surface area contributed by atoms with Crippen molar-refractivity contribution < 1.29 is 16.8 Å². The van der Waals surface area contributed by atoms with Gasteiger partial charge in [0.15, 0.2) is 19.7 Å². The smallest absolute Gasteiger partial charge is 0.177 e. The van der Waals surface area contributed by atoms with E-state index in [-0.39, 0.29) is 15.8 Å². The molecule has 1 fully saturated rings. The summed E-state index contributed by atoms with van der Waals surface area (Å²) in [5.41, 5.74) is 3.06. The average Bonchev–Trinajstić information content (AvgIpc) is 3.04. The Morgan fingerprint density at radius 2 is 1.61 bits per heavy atom. The van der Waals surface area contributed by atoms with Crippen LogP contribution in [0.5, 0.6) is 0 Å². The number of hydrogen-bond acceptors (Lipinski definition) is 5. The highest BCUT2D eigenvalue weighted by Crippen LogP contribution is 2.41. The largest absolute Gasteiger partial charge is 0.367 e. The monoisotopic (exact) mass is 421 g/mol.